The average molecular weight is 280 g/mol. The molecule has 0 aliphatic rings. The summed E-state index contributed by atoms with van der Waals surface area (Å²) in [5.41, 5.74) is 1.52. The number of nitrogens with zero attached hydrogens (tertiary/aromatic N) is 1. The van der Waals surface area contributed by atoms with Crippen LogP contribution in [-0.4, -0.2) is 49.3 Å². The third-order valence-corrected chi connectivity index (χ3v) is 2.90. The van der Waals surface area contributed by atoms with Crippen LogP contribution in [-0.2, 0) is 4.74 Å². The minimum absolute atomic E-state index is 0.203. The number of anilines is 1. The number of methoxy groups -OCH3 is 1. The largest absolute Gasteiger partial charge is 0.478 e. The van der Waals surface area contributed by atoms with Crippen LogP contribution in [0.2, 0.25) is 0 Å². The number of nitrogens with one attached hydrogen (secondary N) is 1. The zero-order valence-corrected chi connectivity index (χ0v) is 12.0. The van der Waals surface area contributed by atoms with E-state index in [0.29, 0.717) is 24.4 Å². The van der Waals surface area contributed by atoms with Gasteiger partial charge in [-0.15, -0.1) is 0 Å². The molecule has 1 rings (SSSR count). The number of benzene rings is 1. The molecule has 20 heavy (non-hydrogen) atoms. The van der Waals surface area contributed by atoms with Crippen molar-refractivity contribution in [3.05, 3.63) is 29.3 Å². The number of carboxylic acids is 1. The second-order valence-corrected chi connectivity index (χ2v) is 4.53. The molecule has 110 valence electrons. The van der Waals surface area contributed by atoms with Crippen molar-refractivity contribution in [2.45, 2.75) is 13.3 Å². The first-order chi connectivity index (χ1) is 9.45. The highest BCUT2D eigenvalue weighted by molar-refractivity contribution is 5.92. The van der Waals surface area contributed by atoms with Crippen LogP contribution < -0.4 is 5.32 Å². The molecule has 0 fully saturated rings. The number of aromatic carboxylic acids is 1. The van der Waals surface area contributed by atoms with Gasteiger partial charge in [-0.3, -0.25) is 0 Å². The van der Waals surface area contributed by atoms with Crippen LogP contribution in [0.25, 0.3) is 0 Å². The van der Waals surface area contributed by atoms with Gasteiger partial charge in [-0.2, -0.15) is 0 Å². The molecule has 0 saturated carbocycles. The van der Waals surface area contributed by atoms with Crippen molar-refractivity contribution in [3.63, 3.8) is 0 Å². The van der Waals surface area contributed by atoms with Gasteiger partial charge in [0, 0.05) is 33.0 Å². The van der Waals surface area contributed by atoms with Crippen LogP contribution in [0.3, 0.4) is 0 Å². The zero-order valence-electron chi connectivity index (χ0n) is 12.0. The normalized spacial score (nSPS) is 10.2. The molecular weight excluding hydrogens is 260 g/mol. The number of ether oxygens (including phenoxy) is 1. The Morgan fingerprint density at radius 3 is 2.65 bits per heavy atom. The Labute approximate surface area is 118 Å². The third kappa shape index (κ3) is 4.55. The minimum Gasteiger partial charge on any atom is -0.478 e. The van der Waals surface area contributed by atoms with Gasteiger partial charge in [0.25, 0.3) is 0 Å². The Kier molecular flexibility index (Phi) is 5.99. The lowest BCUT2D eigenvalue weighted by atomic mass is 10.1. The maximum atomic E-state index is 11.9. The van der Waals surface area contributed by atoms with E-state index in [-0.39, 0.29) is 11.6 Å². The predicted octanol–water partition coefficient (Wildman–Crippen LogP) is 2.19. The summed E-state index contributed by atoms with van der Waals surface area (Å²) in [7, 11) is 3.32. The Balaban J connectivity index is 2.64. The fraction of sp³-hybridized carbons (Fsp3) is 0.429. The van der Waals surface area contributed by atoms with E-state index in [1.165, 1.54) is 12.1 Å². The molecule has 1 aromatic rings. The third-order valence-electron chi connectivity index (χ3n) is 2.90. The fourth-order valence-electron chi connectivity index (χ4n) is 1.70. The second-order valence-electron chi connectivity index (χ2n) is 4.53. The molecule has 2 amide bonds. The van der Waals surface area contributed by atoms with Crippen molar-refractivity contribution in [1.82, 2.24) is 4.90 Å². The Morgan fingerprint density at radius 1 is 1.40 bits per heavy atom. The Bertz CT molecular complexity index is 488. The first-order valence-corrected chi connectivity index (χ1v) is 6.30. The van der Waals surface area contributed by atoms with Gasteiger partial charge in [0.2, 0.25) is 0 Å². The highest BCUT2D eigenvalue weighted by Crippen LogP contribution is 2.17. The van der Waals surface area contributed by atoms with Gasteiger partial charge in [0.15, 0.2) is 0 Å². The summed E-state index contributed by atoms with van der Waals surface area (Å²) in [4.78, 5) is 24.3. The van der Waals surface area contributed by atoms with Gasteiger partial charge in [0.1, 0.15) is 0 Å². The van der Waals surface area contributed by atoms with E-state index in [0.717, 1.165) is 6.42 Å². The fourth-order valence-corrected chi connectivity index (χ4v) is 1.70. The topological polar surface area (TPSA) is 78.9 Å². The maximum Gasteiger partial charge on any atom is 0.335 e. The van der Waals surface area contributed by atoms with E-state index in [4.69, 9.17) is 9.84 Å². The molecule has 1 aromatic carbocycles. The highest BCUT2D eigenvalue weighted by Gasteiger charge is 2.11. The summed E-state index contributed by atoms with van der Waals surface area (Å²) in [6.45, 7) is 2.95. The first kappa shape index (κ1) is 16.0. The van der Waals surface area contributed by atoms with E-state index in [2.05, 4.69) is 5.32 Å². The second kappa shape index (κ2) is 7.49. The van der Waals surface area contributed by atoms with Gasteiger partial charge < -0.3 is 20.1 Å². The van der Waals surface area contributed by atoms with E-state index < -0.39 is 5.97 Å². The molecule has 0 unspecified atom stereocenters. The van der Waals surface area contributed by atoms with Crippen molar-refractivity contribution in [2.24, 2.45) is 0 Å². The molecule has 0 saturated heterocycles. The zero-order chi connectivity index (χ0) is 15.1. The van der Waals surface area contributed by atoms with Crippen LogP contribution in [0.4, 0.5) is 10.5 Å². The quantitative estimate of drug-likeness (QED) is 0.783. The number of aryl methyl sites for hydroxylation is 1. The molecule has 0 heterocycles. The molecule has 0 radical (unpaired) electrons. The summed E-state index contributed by atoms with van der Waals surface area (Å²) in [6.07, 6.45) is 0.761. The molecule has 0 aliphatic heterocycles. The van der Waals surface area contributed by atoms with E-state index in [1.807, 2.05) is 0 Å². The summed E-state index contributed by atoms with van der Waals surface area (Å²) in [5.74, 6) is -0.984. The number of urea groups is 1. The van der Waals surface area contributed by atoms with E-state index in [1.54, 1.807) is 32.0 Å². The molecule has 0 aromatic heterocycles. The van der Waals surface area contributed by atoms with Gasteiger partial charge in [-0.1, -0.05) is 0 Å². The molecule has 0 aliphatic carbocycles. The summed E-state index contributed by atoms with van der Waals surface area (Å²) in [5, 5.41) is 11.6. The number of carbonyl (C=O) groups is 2. The SMILES string of the molecule is COCCCN(C)C(=O)Nc1ccc(C(=O)O)cc1C. The number of amides is 2. The summed E-state index contributed by atoms with van der Waals surface area (Å²) >= 11 is 0. The van der Waals surface area contributed by atoms with Gasteiger partial charge in [0.05, 0.1) is 5.56 Å². The standard InChI is InChI=1S/C14H20N2O4/c1-10-9-11(13(17)18)5-6-12(10)15-14(19)16(2)7-4-8-20-3/h5-6,9H,4,7-8H2,1-3H3,(H,15,19)(H,17,18). The average Bonchev–Trinajstić information content (AvgIpc) is 2.40. The smallest absolute Gasteiger partial charge is 0.335 e. The van der Waals surface area contributed by atoms with Gasteiger partial charge >= 0.3 is 12.0 Å². The van der Waals surface area contributed by atoms with Crippen LogP contribution in [0, 0.1) is 6.92 Å². The number of rotatable bonds is 6. The number of hydrogen-bond donors (Lipinski definition) is 2. The lowest BCUT2D eigenvalue weighted by Crippen LogP contribution is -2.32. The molecule has 0 atom stereocenters. The minimum atomic E-state index is -0.984. The van der Waals surface area contributed by atoms with Crippen molar-refractivity contribution in [1.29, 1.82) is 0 Å². The molecule has 2 N–H and O–H groups in total. The molecular formula is C14H20N2O4. The molecule has 6 heteroatoms. The summed E-state index contributed by atoms with van der Waals surface area (Å²) < 4.78 is 4.93. The first-order valence-electron chi connectivity index (χ1n) is 6.30. The Morgan fingerprint density at radius 2 is 2.10 bits per heavy atom. The van der Waals surface area contributed by atoms with E-state index >= 15 is 0 Å². The van der Waals surface area contributed by atoms with Crippen LogP contribution in [0.5, 0.6) is 0 Å². The van der Waals surface area contributed by atoms with E-state index in [9.17, 15) is 9.59 Å². The van der Waals surface area contributed by atoms with Crippen LogP contribution in [0.1, 0.15) is 22.3 Å². The van der Waals surface area contributed by atoms with Gasteiger partial charge in [-0.25, -0.2) is 9.59 Å². The maximum absolute atomic E-state index is 11.9. The predicted molar refractivity (Wildman–Crippen MR) is 76.3 cm³/mol. The Hall–Kier alpha value is -2.08. The van der Waals surface area contributed by atoms with Crippen molar-refractivity contribution in [2.75, 3.05) is 32.6 Å². The number of carbonyl (C=O) groups excluding carboxylic acids is 1. The monoisotopic (exact) mass is 280 g/mol. The lowest BCUT2D eigenvalue weighted by molar-refractivity contribution is 0.0697. The number of carboxylic acid groups (broad SMARTS) is 1. The van der Waals surface area contributed by atoms with Gasteiger partial charge in [-0.05, 0) is 37.1 Å². The van der Waals surface area contributed by atoms with Crippen molar-refractivity contribution in [3.8, 4) is 0 Å². The van der Waals surface area contributed by atoms with Crippen LogP contribution in [0.15, 0.2) is 18.2 Å². The lowest BCUT2D eigenvalue weighted by Gasteiger charge is -2.18. The number of hydrogen-bond acceptors (Lipinski definition) is 3. The van der Waals surface area contributed by atoms with Crippen molar-refractivity contribution >= 4 is 17.7 Å². The van der Waals surface area contributed by atoms with Crippen molar-refractivity contribution < 1.29 is 19.4 Å². The molecule has 6 nitrogen and oxygen atoms in total. The summed E-state index contributed by atoms with van der Waals surface area (Å²) in [6, 6.07) is 4.37. The molecule has 0 bridgehead atoms. The van der Waals surface area contributed by atoms with Crippen LogP contribution >= 0.6 is 0 Å². The molecule has 0 spiro atoms. The highest BCUT2D eigenvalue weighted by atomic mass is 16.5.